The number of carboxylic acids is 1. The topological polar surface area (TPSA) is 58.9 Å². The molecule has 1 heterocycles. The molecule has 1 aliphatic heterocycles. The van der Waals surface area contributed by atoms with Gasteiger partial charge in [-0.25, -0.2) is 0 Å². The van der Waals surface area contributed by atoms with Crippen molar-refractivity contribution < 1.29 is 14.6 Å². The van der Waals surface area contributed by atoms with Gasteiger partial charge in [-0.3, -0.25) is 9.79 Å². The zero-order chi connectivity index (χ0) is 10.8. The molecule has 4 heteroatoms. The second-order valence-corrected chi connectivity index (χ2v) is 4.60. The maximum absolute atomic E-state index is 10.3. The Morgan fingerprint density at radius 1 is 1.64 bits per heavy atom. The molecular weight excluding hydrogens is 182 g/mol. The lowest BCUT2D eigenvalue weighted by Gasteiger charge is -2.25. The maximum atomic E-state index is 10.3. The second kappa shape index (κ2) is 3.98. The van der Waals surface area contributed by atoms with Crippen LogP contribution in [0.15, 0.2) is 4.99 Å². The van der Waals surface area contributed by atoms with Gasteiger partial charge in [-0.1, -0.05) is 20.8 Å². The number of ether oxygens (including phenoxy) is 1. The van der Waals surface area contributed by atoms with Gasteiger partial charge in [-0.2, -0.15) is 0 Å². The highest BCUT2D eigenvalue weighted by atomic mass is 16.5. The van der Waals surface area contributed by atoms with Crippen LogP contribution in [-0.2, 0) is 9.53 Å². The lowest BCUT2D eigenvalue weighted by Crippen LogP contribution is -2.29. The van der Waals surface area contributed by atoms with Gasteiger partial charge in [0.05, 0.1) is 13.0 Å². The predicted molar refractivity (Wildman–Crippen MR) is 53.5 cm³/mol. The number of hydrogen-bond donors (Lipinski definition) is 1. The van der Waals surface area contributed by atoms with Gasteiger partial charge in [-0.15, -0.1) is 0 Å². The zero-order valence-electron chi connectivity index (χ0n) is 8.91. The van der Waals surface area contributed by atoms with Crippen molar-refractivity contribution in [3.8, 4) is 0 Å². The van der Waals surface area contributed by atoms with Crippen LogP contribution in [0.25, 0.3) is 0 Å². The average molecular weight is 199 g/mol. The number of carboxylic acid groups (broad SMARTS) is 1. The Labute approximate surface area is 84.0 Å². The first-order valence-electron chi connectivity index (χ1n) is 4.81. The summed E-state index contributed by atoms with van der Waals surface area (Å²) in [6.45, 7) is 6.92. The van der Waals surface area contributed by atoms with Gasteiger partial charge in [0, 0.05) is 11.8 Å². The van der Waals surface area contributed by atoms with Gasteiger partial charge in [0.15, 0.2) is 5.90 Å². The molecule has 0 aromatic heterocycles. The third kappa shape index (κ3) is 3.01. The standard InChI is InChI=1S/C10H17NO3/c1-10(2,3)7-6-11-8(14-7)4-5-9(12)13/h7H,4-6H2,1-3H3,(H,12,13). The zero-order valence-corrected chi connectivity index (χ0v) is 8.91. The Kier molecular flexibility index (Phi) is 3.13. The molecule has 0 amide bonds. The minimum absolute atomic E-state index is 0.0640. The quantitative estimate of drug-likeness (QED) is 0.752. The summed E-state index contributed by atoms with van der Waals surface area (Å²) in [5, 5.41) is 8.49. The van der Waals surface area contributed by atoms with Crippen LogP contribution in [0.1, 0.15) is 33.6 Å². The summed E-state index contributed by atoms with van der Waals surface area (Å²) < 4.78 is 5.56. The fourth-order valence-electron chi connectivity index (χ4n) is 1.23. The highest BCUT2D eigenvalue weighted by Crippen LogP contribution is 2.26. The minimum Gasteiger partial charge on any atom is -0.481 e. The van der Waals surface area contributed by atoms with E-state index in [0.29, 0.717) is 18.9 Å². The molecule has 0 radical (unpaired) electrons. The van der Waals surface area contributed by atoms with E-state index >= 15 is 0 Å². The van der Waals surface area contributed by atoms with Crippen molar-refractivity contribution in [1.29, 1.82) is 0 Å². The fourth-order valence-corrected chi connectivity index (χ4v) is 1.23. The van der Waals surface area contributed by atoms with Gasteiger partial charge in [-0.05, 0) is 0 Å². The highest BCUT2D eigenvalue weighted by molar-refractivity contribution is 5.81. The number of rotatable bonds is 3. The average Bonchev–Trinajstić information content (AvgIpc) is 2.47. The molecule has 0 bridgehead atoms. The number of nitrogens with zero attached hydrogens (tertiary/aromatic N) is 1. The molecule has 0 spiro atoms. The molecule has 1 aliphatic rings. The van der Waals surface area contributed by atoms with Crippen LogP contribution >= 0.6 is 0 Å². The van der Waals surface area contributed by atoms with E-state index in [1.165, 1.54) is 0 Å². The molecule has 80 valence electrons. The SMILES string of the molecule is CC(C)(C)C1CN=C(CCC(=O)O)O1. The van der Waals surface area contributed by atoms with Gasteiger partial charge in [0.2, 0.25) is 0 Å². The van der Waals surface area contributed by atoms with Gasteiger partial charge >= 0.3 is 5.97 Å². The van der Waals surface area contributed by atoms with E-state index in [0.717, 1.165) is 0 Å². The monoisotopic (exact) mass is 199 g/mol. The van der Waals surface area contributed by atoms with Gasteiger partial charge < -0.3 is 9.84 Å². The number of aliphatic carboxylic acids is 1. The normalized spacial score (nSPS) is 21.6. The summed E-state index contributed by atoms with van der Waals surface area (Å²) in [6, 6.07) is 0. The predicted octanol–water partition coefficient (Wildman–Crippen LogP) is 1.69. The van der Waals surface area contributed by atoms with Crippen LogP contribution in [0.3, 0.4) is 0 Å². The Morgan fingerprint density at radius 2 is 2.29 bits per heavy atom. The molecule has 4 nitrogen and oxygen atoms in total. The van der Waals surface area contributed by atoms with Crippen molar-refractivity contribution in [3.63, 3.8) is 0 Å². The van der Waals surface area contributed by atoms with Crippen LogP contribution < -0.4 is 0 Å². The van der Waals surface area contributed by atoms with E-state index in [1.807, 2.05) is 0 Å². The largest absolute Gasteiger partial charge is 0.481 e. The van der Waals surface area contributed by atoms with Gasteiger partial charge in [0.25, 0.3) is 0 Å². The summed E-state index contributed by atoms with van der Waals surface area (Å²) >= 11 is 0. The molecule has 1 rings (SSSR count). The van der Waals surface area contributed by atoms with Crippen molar-refractivity contribution in [2.75, 3.05) is 6.54 Å². The smallest absolute Gasteiger partial charge is 0.303 e. The summed E-state index contributed by atoms with van der Waals surface area (Å²) in [5.74, 6) is -0.220. The van der Waals surface area contributed by atoms with Crippen LogP contribution in [-0.4, -0.2) is 29.6 Å². The van der Waals surface area contributed by atoms with Crippen molar-refractivity contribution in [1.82, 2.24) is 0 Å². The Morgan fingerprint density at radius 3 is 2.71 bits per heavy atom. The first kappa shape index (κ1) is 11.0. The molecule has 0 fully saturated rings. The molecule has 0 aromatic carbocycles. The molecule has 14 heavy (non-hydrogen) atoms. The van der Waals surface area contributed by atoms with Crippen LogP contribution in [0.2, 0.25) is 0 Å². The Bertz CT molecular complexity index is 253. The minimum atomic E-state index is -0.810. The van der Waals surface area contributed by atoms with Crippen LogP contribution in [0.5, 0.6) is 0 Å². The summed E-state index contributed by atoms with van der Waals surface area (Å²) in [7, 11) is 0. The first-order valence-corrected chi connectivity index (χ1v) is 4.81. The number of hydrogen-bond acceptors (Lipinski definition) is 3. The molecule has 0 saturated heterocycles. The van der Waals surface area contributed by atoms with Crippen LogP contribution in [0.4, 0.5) is 0 Å². The Balaban J connectivity index is 2.37. The molecule has 0 aromatic rings. The van der Waals surface area contributed by atoms with E-state index in [1.54, 1.807) is 0 Å². The van der Waals surface area contributed by atoms with Crippen molar-refractivity contribution in [3.05, 3.63) is 0 Å². The molecule has 1 N–H and O–H groups in total. The Hall–Kier alpha value is -1.06. The van der Waals surface area contributed by atoms with E-state index in [2.05, 4.69) is 25.8 Å². The summed E-state index contributed by atoms with van der Waals surface area (Å²) in [4.78, 5) is 14.5. The molecule has 0 aliphatic carbocycles. The van der Waals surface area contributed by atoms with Gasteiger partial charge in [0.1, 0.15) is 6.10 Å². The summed E-state index contributed by atoms with van der Waals surface area (Å²) in [6.07, 6.45) is 0.587. The van der Waals surface area contributed by atoms with Crippen molar-refractivity contribution >= 4 is 11.9 Å². The number of aliphatic imine (C=N–C) groups is 1. The van der Waals surface area contributed by atoms with Crippen LogP contribution in [0, 0.1) is 5.41 Å². The molecule has 1 atom stereocenters. The van der Waals surface area contributed by atoms with Crippen molar-refractivity contribution in [2.45, 2.75) is 39.7 Å². The first-order chi connectivity index (χ1) is 6.39. The maximum Gasteiger partial charge on any atom is 0.303 e. The van der Waals surface area contributed by atoms with E-state index in [4.69, 9.17) is 9.84 Å². The lowest BCUT2D eigenvalue weighted by atomic mass is 9.89. The lowest BCUT2D eigenvalue weighted by molar-refractivity contribution is -0.136. The van der Waals surface area contributed by atoms with E-state index in [9.17, 15) is 4.79 Å². The molecule has 1 unspecified atom stereocenters. The molecular formula is C10H17NO3. The van der Waals surface area contributed by atoms with E-state index in [-0.39, 0.29) is 17.9 Å². The van der Waals surface area contributed by atoms with Crippen molar-refractivity contribution in [2.24, 2.45) is 10.4 Å². The fraction of sp³-hybridized carbons (Fsp3) is 0.800. The summed E-state index contributed by atoms with van der Waals surface area (Å²) in [5.41, 5.74) is 0.0640. The third-order valence-corrected chi connectivity index (χ3v) is 2.23. The number of carbonyl (C=O) groups is 1. The molecule has 0 saturated carbocycles. The van der Waals surface area contributed by atoms with E-state index < -0.39 is 5.97 Å². The second-order valence-electron chi connectivity index (χ2n) is 4.60. The third-order valence-electron chi connectivity index (χ3n) is 2.23. The highest BCUT2D eigenvalue weighted by Gasteiger charge is 2.31.